The number of fused-ring (bicyclic) bond motifs is 1. The van der Waals surface area contributed by atoms with Crippen molar-refractivity contribution in [2.45, 2.75) is 13.5 Å². The van der Waals surface area contributed by atoms with Gasteiger partial charge >= 0.3 is 0 Å². The molecule has 0 aliphatic rings. The summed E-state index contributed by atoms with van der Waals surface area (Å²) >= 11 is 3.43. The number of para-hydroxylation sites is 2. The minimum atomic E-state index is -0.106. The predicted molar refractivity (Wildman–Crippen MR) is 86.1 cm³/mol. The van der Waals surface area contributed by atoms with Gasteiger partial charge in [0, 0.05) is 10.0 Å². The molecule has 0 unspecified atom stereocenters. The first kappa shape index (κ1) is 13.8. The van der Waals surface area contributed by atoms with Crippen LogP contribution in [-0.4, -0.2) is 15.9 Å². The molecule has 0 radical (unpaired) electrons. The third kappa shape index (κ3) is 2.97. The van der Waals surface area contributed by atoms with Crippen molar-refractivity contribution in [3.8, 4) is 0 Å². The topological polar surface area (TPSA) is 57.8 Å². The largest absolute Gasteiger partial charge is 0.345 e. The molecule has 0 fully saturated rings. The van der Waals surface area contributed by atoms with Crippen LogP contribution in [0.5, 0.6) is 0 Å². The maximum atomic E-state index is 12.1. The summed E-state index contributed by atoms with van der Waals surface area (Å²) in [7, 11) is 0. The molecule has 0 bridgehead atoms. The second kappa shape index (κ2) is 5.69. The number of aromatic nitrogens is 2. The fraction of sp³-hybridized carbons (Fsp3) is 0.125. The Balaban J connectivity index is 1.71. The lowest BCUT2D eigenvalue weighted by Gasteiger charge is -2.05. The van der Waals surface area contributed by atoms with Crippen LogP contribution in [0.4, 0.5) is 0 Å². The fourth-order valence-electron chi connectivity index (χ4n) is 2.14. The van der Waals surface area contributed by atoms with Gasteiger partial charge in [-0.3, -0.25) is 4.79 Å². The van der Waals surface area contributed by atoms with E-state index in [1.165, 1.54) is 0 Å². The maximum absolute atomic E-state index is 12.1. The molecule has 5 heteroatoms. The molecule has 2 N–H and O–H groups in total. The zero-order valence-corrected chi connectivity index (χ0v) is 13.1. The first-order valence-electron chi connectivity index (χ1n) is 6.61. The average Bonchev–Trinajstić information content (AvgIpc) is 2.90. The Kier molecular flexibility index (Phi) is 3.75. The van der Waals surface area contributed by atoms with E-state index in [1.807, 2.05) is 43.3 Å². The standard InChI is InChI=1S/C16H14BrN3O/c1-10-8-11(6-7-12(10)17)16(21)18-9-15-19-13-4-2-3-5-14(13)20-15/h2-8H,9H2,1H3,(H,18,21)(H,19,20). The van der Waals surface area contributed by atoms with Crippen molar-refractivity contribution >= 4 is 32.9 Å². The zero-order chi connectivity index (χ0) is 14.8. The molecule has 106 valence electrons. The van der Waals surface area contributed by atoms with Crippen LogP contribution in [0.3, 0.4) is 0 Å². The summed E-state index contributed by atoms with van der Waals surface area (Å²) in [5.74, 6) is 0.643. The van der Waals surface area contributed by atoms with E-state index in [1.54, 1.807) is 6.07 Å². The predicted octanol–water partition coefficient (Wildman–Crippen LogP) is 3.56. The van der Waals surface area contributed by atoms with Gasteiger partial charge in [-0.1, -0.05) is 28.1 Å². The van der Waals surface area contributed by atoms with Gasteiger partial charge in [-0.2, -0.15) is 0 Å². The van der Waals surface area contributed by atoms with Crippen LogP contribution in [0.25, 0.3) is 11.0 Å². The smallest absolute Gasteiger partial charge is 0.251 e. The molecule has 21 heavy (non-hydrogen) atoms. The third-order valence-corrected chi connectivity index (χ3v) is 4.16. The van der Waals surface area contributed by atoms with Crippen LogP contribution in [0.1, 0.15) is 21.7 Å². The van der Waals surface area contributed by atoms with Crippen LogP contribution < -0.4 is 5.32 Å². The molecular formula is C16H14BrN3O. The van der Waals surface area contributed by atoms with Gasteiger partial charge in [-0.05, 0) is 42.8 Å². The van der Waals surface area contributed by atoms with Crippen molar-refractivity contribution < 1.29 is 4.79 Å². The van der Waals surface area contributed by atoms with E-state index in [2.05, 4.69) is 31.2 Å². The van der Waals surface area contributed by atoms with Crippen LogP contribution in [-0.2, 0) is 6.54 Å². The summed E-state index contributed by atoms with van der Waals surface area (Å²) in [6.45, 7) is 2.34. The highest BCUT2D eigenvalue weighted by Gasteiger charge is 2.08. The van der Waals surface area contributed by atoms with Crippen molar-refractivity contribution in [3.05, 3.63) is 63.9 Å². The first-order chi connectivity index (χ1) is 10.1. The van der Waals surface area contributed by atoms with Crippen LogP contribution in [0, 0.1) is 6.92 Å². The number of rotatable bonds is 3. The highest BCUT2D eigenvalue weighted by Crippen LogP contribution is 2.17. The van der Waals surface area contributed by atoms with Gasteiger partial charge in [0.1, 0.15) is 5.82 Å². The summed E-state index contributed by atoms with van der Waals surface area (Å²) in [6, 6.07) is 13.3. The van der Waals surface area contributed by atoms with E-state index < -0.39 is 0 Å². The van der Waals surface area contributed by atoms with E-state index >= 15 is 0 Å². The molecule has 3 rings (SSSR count). The number of nitrogens with zero attached hydrogens (tertiary/aromatic N) is 1. The highest BCUT2D eigenvalue weighted by atomic mass is 79.9. The molecule has 4 nitrogen and oxygen atoms in total. The number of hydrogen-bond donors (Lipinski definition) is 2. The number of amides is 1. The molecule has 0 saturated heterocycles. The Morgan fingerprint density at radius 3 is 2.86 bits per heavy atom. The maximum Gasteiger partial charge on any atom is 0.251 e. The normalized spacial score (nSPS) is 10.8. The minimum absolute atomic E-state index is 0.106. The molecule has 1 heterocycles. The molecule has 0 saturated carbocycles. The molecule has 0 atom stereocenters. The summed E-state index contributed by atoms with van der Waals surface area (Å²) < 4.78 is 0.997. The van der Waals surface area contributed by atoms with E-state index in [9.17, 15) is 4.79 Å². The van der Waals surface area contributed by atoms with Crippen LogP contribution in [0.2, 0.25) is 0 Å². The highest BCUT2D eigenvalue weighted by molar-refractivity contribution is 9.10. The molecule has 1 aromatic heterocycles. The minimum Gasteiger partial charge on any atom is -0.345 e. The second-order valence-corrected chi connectivity index (χ2v) is 5.70. The van der Waals surface area contributed by atoms with E-state index in [0.29, 0.717) is 12.1 Å². The summed E-state index contributed by atoms with van der Waals surface area (Å²) in [5.41, 5.74) is 3.56. The molecule has 1 amide bonds. The van der Waals surface area contributed by atoms with Crippen LogP contribution >= 0.6 is 15.9 Å². The molecule has 0 aliphatic heterocycles. The number of nitrogens with one attached hydrogen (secondary N) is 2. The number of carbonyl (C=O) groups is 1. The fourth-order valence-corrected chi connectivity index (χ4v) is 2.39. The average molecular weight is 344 g/mol. The van der Waals surface area contributed by atoms with E-state index in [4.69, 9.17) is 0 Å². The number of benzene rings is 2. The molecule has 2 aromatic carbocycles. The van der Waals surface area contributed by atoms with Crippen molar-refractivity contribution in [2.75, 3.05) is 0 Å². The van der Waals surface area contributed by atoms with Gasteiger partial charge in [0.2, 0.25) is 0 Å². The Morgan fingerprint density at radius 1 is 1.29 bits per heavy atom. The van der Waals surface area contributed by atoms with E-state index in [-0.39, 0.29) is 5.91 Å². The Hall–Kier alpha value is -2.14. The number of aryl methyl sites for hydroxylation is 1. The van der Waals surface area contributed by atoms with E-state index in [0.717, 1.165) is 26.9 Å². The van der Waals surface area contributed by atoms with Gasteiger partial charge in [0.25, 0.3) is 5.91 Å². The lowest BCUT2D eigenvalue weighted by Crippen LogP contribution is -2.23. The second-order valence-electron chi connectivity index (χ2n) is 4.85. The monoisotopic (exact) mass is 343 g/mol. The zero-order valence-electron chi connectivity index (χ0n) is 11.5. The number of H-pyrrole nitrogens is 1. The van der Waals surface area contributed by atoms with Crippen molar-refractivity contribution in [1.29, 1.82) is 0 Å². The quantitative estimate of drug-likeness (QED) is 0.763. The number of hydrogen-bond acceptors (Lipinski definition) is 2. The summed E-state index contributed by atoms with van der Waals surface area (Å²) in [5, 5.41) is 2.87. The van der Waals surface area contributed by atoms with Crippen molar-refractivity contribution in [2.24, 2.45) is 0 Å². The third-order valence-electron chi connectivity index (χ3n) is 3.27. The first-order valence-corrected chi connectivity index (χ1v) is 7.41. The van der Waals surface area contributed by atoms with Crippen molar-refractivity contribution in [1.82, 2.24) is 15.3 Å². The summed E-state index contributed by atoms with van der Waals surface area (Å²) in [4.78, 5) is 19.8. The molecule has 3 aromatic rings. The van der Waals surface area contributed by atoms with Gasteiger partial charge in [0.15, 0.2) is 0 Å². The number of halogens is 1. The lowest BCUT2D eigenvalue weighted by atomic mass is 10.1. The van der Waals surface area contributed by atoms with Gasteiger partial charge in [0.05, 0.1) is 17.6 Å². The SMILES string of the molecule is Cc1cc(C(=O)NCc2nc3ccccc3[nH]2)ccc1Br. The molecular weight excluding hydrogens is 330 g/mol. The molecule has 0 aliphatic carbocycles. The van der Waals surface area contributed by atoms with Crippen LogP contribution in [0.15, 0.2) is 46.9 Å². The number of imidazole rings is 1. The number of carbonyl (C=O) groups excluding carboxylic acids is 1. The van der Waals surface area contributed by atoms with Gasteiger partial charge in [-0.15, -0.1) is 0 Å². The van der Waals surface area contributed by atoms with Gasteiger partial charge < -0.3 is 10.3 Å². The Labute approximate surface area is 130 Å². The lowest BCUT2D eigenvalue weighted by molar-refractivity contribution is 0.0950. The van der Waals surface area contributed by atoms with Gasteiger partial charge in [-0.25, -0.2) is 4.98 Å². The number of aromatic amines is 1. The Bertz CT molecular complexity index is 777. The Morgan fingerprint density at radius 2 is 2.10 bits per heavy atom. The summed E-state index contributed by atoms with van der Waals surface area (Å²) in [6.07, 6.45) is 0. The van der Waals surface area contributed by atoms with Crippen molar-refractivity contribution in [3.63, 3.8) is 0 Å². The molecule has 0 spiro atoms.